The number of amides is 1. The number of benzene rings is 1. The van der Waals surface area contributed by atoms with E-state index in [0.717, 1.165) is 19.6 Å². The minimum absolute atomic E-state index is 0.335. The monoisotopic (exact) mass is 284 g/mol. The molecule has 0 aliphatic carbocycles. The summed E-state index contributed by atoms with van der Waals surface area (Å²) in [5.41, 5.74) is 1.25. The molecule has 0 aromatic heterocycles. The molecule has 1 amide bonds. The number of likely N-dealkylation sites (tertiary alicyclic amines) is 1. The van der Waals surface area contributed by atoms with Crippen molar-refractivity contribution in [1.29, 1.82) is 0 Å². The maximum Gasteiger partial charge on any atom is 0.222 e. The van der Waals surface area contributed by atoms with Crippen molar-refractivity contribution in [3.8, 4) is 0 Å². The van der Waals surface area contributed by atoms with E-state index in [2.05, 4.69) is 46.2 Å². The lowest BCUT2D eigenvalue weighted by Crippen LogP contribution is -2.55. The van der Waals surface area contributed by atoms with Crippen LogP contribution in [0.25, 0.3) is 6.08 Å². The maximum atomic E-state index is 12.0. The van der Waals surface area contributed by atoms with Gasteiger partial charge in [0.1, 0.15) is 0 Å². The standard InChI is InChI=1S/C18H24N2O/c1-2-18(21)20-16-10-11-17(20)14-19(13-16)12-6-9-15-7-4-3-5-8-15/h3-9,16-17H,2,10-14H2,1H3/b9-6+/t16-,17+. The van der Waals surface area contributed by atoms with Crippen LogP contribution in [-0.2, 0) is 4.79 Å². The van der Waals surface area contributed by atoms with Crippen LogP contribution in [-0.4, -0.2) is 47.4 Å². The highest BCUT2D eigenvalue weighted by atomic mass is 16.2. The topological polar surface area (TPSA) is 23.6 Å². The van der Waals surface area contributed by atoms with Crippen molar-refractivity contribution < 1.29 is 4.79 Å². The molecule has 2 heterocycles. The second-order valence-electron chi connectivity index (χ2n) is 6.07. The summed E-state index contributed by atoms with van der Waals surface area (Å²) in [7, 11) is 0. The van der Waals surface area contributed by atoms with Gasteiger partial charge in [0, 0.05) is 38.1 Å². The van der Waals surface area contributed by atoms with E-state index in [-0.39, 0.29) is 0 Å². The Morgan fingerprint density at radius 1 is 1.19 bits per heavy atom. The number of rotatable bonds is 4. The lowest BCUT2D eigenvalue weighted by Gasteiger charge is -2.40. The molecule has 0 spiro atoms. The molecule has 21 heavy (non-hydrogen) atoms. The molecular weight excluding hydrogens is 260 g/mol. The number of nitrogens with zero attached hydrogens (tertiary/aromatic N) is 2. The second kappa shape index (κ2) is 6.44. The van der Waals surface area contributed by atoms with Crippen LogP contribution in [0.4, 0.5) is 0 Å². The molecule has 112 valence electrons. The Kier molecular flexibility index (Phi) is 4.39. The van der Waals surface area contributed by atoms with Crippen LogP contribution in [0.15, 0.2) is 36.4 Å². The Bertz CT molecular complexity index is 497. The lowest BCUT2D eigenvalue weighted by molar-refractivity contribution is -0.136. The summed E-state index contributed by atoms with van der Waals surface area (Å²) >= 11 is 0. The van der Waals surface area contributed by atoms with Crippen LogP contribution < -0.4 is 0 Å². The molecule has 2 bridgehead atoms. The summed E-state index contributed by atoms with van der Waals surface area (Å²) in [6.07, 6.45) is 7.42. The molecule has 1 aromatic rings. The first-order chi connectivity index (χ1) is 10.3. The quantitative estimate of drug-likeness (QED) is 0.849. The van der Waals surface area contributed by atoms with E-state index in [1.54, 1.807) is 0 Å². The number of carbonyl (C=O) groups is 1. The molecule has 2 saturated heterocycles. The summed E-state index contributed by atoms with van der Waals surface area (Å²) in [6, 6.07) is 11.3. The van der Waals surface area contributed by atoms with Crippen LogP contribution in [0, 0.1) is 0 Å². The zero-order valence-corrected chi connectivity index (χ0v) is 12.7. The Morgan fingerprint density at radius 2 is 1.86 bits per heavy atom. The summed E-state index contributed by atoms with van der Waals surface area (Å²) in [5, 5.41) is 0. The molecule has 1 aromatic carbocycles. The summed E-state index contributed by atoms with van der Waals surface area (Å²) in [6.45, 7) is 5.01. The number of carbonyl (C=O) groups excluding carboxylic acids is 1. The normalized spacial score (nSPS) is 25.7. The minimum atomic E-state index is 0.335. The van der Waals surface area contributed by atoms with Crippen LogP contribution in [0.5, 0.6) is 0 Å². The van der Waals surface area contributed by atoms with E-state index in [0.29, 0.717) is 24.4 Å². The third kappa shape index (κ3) is 3.18. The van der Waals surface area contributed by atoms with Gasteiger partial charge >= 0.3 is 0 Å². The van der Waals surface area contributed by atoms with Crippen LogP contribution in [0.2, 0.25) is 0 Å². The summed E-state index contributed by atoms with van der Waals surface area (Å²) in [4.78, 5) is 16.7. The molecule has 2 aliphatic rings. The Balaban J connectivity index is 1.56. The Morgan fingerprint density at radius 3 is 2.48 bits per heavy atom. The molecule has 0 radical (unpaired) electrons. The molecular formula is C18H24N2O. The number of fused-ring (bicyclic) bond motifs is 2. The summed E-state index contributed by atoms with van der Waals surface area (Å²) < 4.78 is 0. The molecule has 3 rings (SSSR count). The highest BCUT2D eigenvalue weighted by Crippen LogP contribution is 2.30. The molecule has 0 unspecified atom stereocenters. The van der Waals surface area contributed by atoms with Crippen molar-refractivity contribution in [2.75, 3.05) is 19.6 Å². The van der Waals surface area contributed by atoms with Gasteiger partial charge in [0.25, 0.3) is 0 Å². The largest absolute Gasteiger partial charge is 0.334 e. The van der Waals surface area contributed by atoms with Crippen LogP contribution in [0.1, 0.15) is 31.7 Å². The highest BCUT2D eigenvalue weighted by Gasteiger charge is 2.41. The minimum Gasteiger partial charge on any atom is -0.334 e. The van der Waals surface area contributed by atoms with Crippen LogP contribution in [0.3, 0.4) is 0 Å². The number of hydrogen-bond donors (Lipinski definition) is 0. The molecule has 0 saturated carbocycles. The van der Waals surface area contributed by atoms with Crippen molar-refractivity contribution in [2.24, 2.45) is 0 Å². The van der Waals surface area contributed by atoms with Crippen molar-refractivity contribution in [3.63, 3.8) is 0 Å². The zero-order valence-electron chi connectivity index (χ0n) is 12.7. The van der Waals surface area contributed by atoms with Crippen LogP contribution >= 0.6 is 0 Å². The first-order valence-corrected chi connectivity index (χ1v) is 8.03. The highest BCUT2D eigenvalue weighted by molar-refractivity contribution is 5.77. The smallest absolute Gasteiger partial charge is 0.222 e. The average Bonchev–Trinajstić information content (AvgIpc) is 2.78. The first kappa shape index (κ1) is 14.3. The van der Waals surface area contributed by atoms with E-state index in [9.17, 15) is 4.79 Å². The van der Waals surface area contributed by atoms with E-state index >= 15 is 0 Å². The van der Waals surface area contributed by atoms with Gasteiger partial charge in [-0.25, -0.2) is 0 Å². The van der Waals surface area contributed by atoms with Gasteiger partial charge in [-0.2, -0.15) is 0 Å². The molecule has 3 heteroatoms. The Labute approximate surface area is 127 Å². The van der Waals surface area contributed by atoms with Crippen molar-refractivity contribution in [1.82, 2.24) is 9.80 Å². The fourth-order valence-electron chi connectivity index (χ4n) is 3.63. The zero-order chi connectivity index (χ0) is 14.7. The second-order valence-corrected chi connectivity index (χ2v) is 6.07. The third-order valence-electron chi connectivity index (χ3n) is 4.62. The van der Waals surface area contributed by atoms with E-state index in [4.69, 9.17) is 0 Å². The number of hydrogen-bond acceptors (Lipinski definition) is 2. The molecule has 2 atom stereocenters. The van der Waals surface area contributed by atoms with E-state index < -0.39 is 0 Å². The predicted molar refractivity (Wildman–Crippen MR) is 85.9 cm³/mol. The molecule has 2 aliphatic heterocycles. The van der Waals surface area contributed by atoms with E-state index in [1.807, 2.05) is 13.0 Å². The van der Waals surface area contributed by atoms with Gasteiger partial charge in [0.15, 0.2) is 0 Å². The van der Waals surface area contributed by atoms with Gasteiger partial charge in [-0.05, 0) is 18.4 Å². The van der Waals surface area contributed by atoms with Gasteiger partial charge in [0.2, 0.25) is 5.91 Å². The maximum absolute atomic E-state index is 12.0. The van der Waals surface area contributed by atoms with Gasteiger partial charge in [-0.3, -0.25) is 9.69 Å². The predicted octanol–water partition coefficient (Wildman–Crippen LogP) is 2.79. The average molecular weight is 284 g/mol. The van der Waals surface area contributed by atoms with Crippen molar-refractivity contribution >= 4 is 12.0 Å². The SMILES string of the molecule is CCC(=O)N1[C@@H]2CC[C@H]1CN(C/C=C/c1ccccc1)C2. The van der Waals surface area contributed by atoms with E-state index in [1.165, 1.54) is 18.4 Å². The molecule has 3 nitrogen and oxygen atoms in total. The lowest BCUT2D eigenvalue weighted by atomic mass is 10.1. The third-order valence-corrected chi connectivity index (χ3v) is 4.62. The Hall–Kier alpha value is -1.61. The van der Waals surface area contributed by atoms with Gasteiger partial charge in [-0.15, -0.1) is 0 Å². The fraction of sp³-hybridized carbons (Fsp3) is 0.500. The van der Waals surface area contributed by atoms with Gasteiger partial charge in [0.05, 0.1) is 0 Å². The molecule has 0 N–H and O–H groups in total. The summed E-state index contributed by atoms with van der Waals surface area (Å²) in [5.74, 6) is 0.335. The van der Waals surface area contributed by atoms with Crippen molar-refractivity contribution in [2.45, 2.75) is 38.3 Å². The first-order valence-electron chi connectivity index (χ1n) is 8.03. The fourth-order valence-corrected chi connectivity index (χ4v) is 3.63. The molecule has 2 fully saturated rings. The van der Waals surface area contributed by atoms with Gasteiger partial charge in [-0.1, -0.05) is 49.4 Å². The van der Waals surface area contributed by atoms with Gasteiger partial charge < -0.3 is 4.90 Å². The van der Waals surface area contributed by atoms with Crippen molar-refractivity contribution in [3.05, 3.63) is 42.0 Å². The number of piperazine rings is 1.